The molecule has 3 amide bonds. The van der Waals surface area contributed by atoms with Crippen molar-refractivity contribution in [3.63, 3.8) is 0 Å². The first-order valence-electron chi connectivity index (χ1n) is 3.95. The van der Waals surface area contributed by atoms with E-state index in [0.717, 1.165) is 0 Å². The van der Waals surface area contributed by atoms with Gasteiger partial charge in [-0.2, -0.15) is 0 Å². The second-order valence-corrected chi connectivity index (χ2v) is 2.57. The summed E-state index contributed by atoms with van der Waals surface area (Å²) < 4.78 is 0. The molecule has 7 nitrogen and oxygen atoms in total. The van der Waals surface area contributed by atoms with Crippen molar-refractivity contribution in [1.82, 2.24) is 16.0 Å². The van der Waals surface area contributed by atoms with Gasteiger partial charge in [-0.05, 0) is 6.92 Å². The van der Waals surface area contributed by atoms with Crippen LogP contribution in [0, 0.1) is 0 Å². The van der Waals surface area contributed by atoms with Crippen molar-refractivity contribution in [3.8, 4) is 0 Å². The molecule has 14 heavy (non-hydrogen) atoms. The van der Waals surface area contributed by atoms with Crippen LogP contribution >= 0.6 is 0 Å². The summed E-state index contributed by atoms with van der Waals surface area (Å²) in [4.78, 5) is 31.8. The van der Waals surface area contributed by atoms with Gasteiger partial charge in [-0.25, -0.2) is 4.79 Å². The topological polar surface area (TPSA) is 108 Å². The van der Waals surface area contributed by atoms with E-state index in [2.05, 4.69) is 10.6 Å². The monoisotopic (exact) mass is 203 g/mol. The number of rotatable bonds is 4. The molecule has 0 rings (SSSR count). The molecule has 0 aromatic rings. The minimum absolute atomic E-state index is 0.221. The van der Waals surface area contributed by atoms with Crippen LogP contribution < -0.4 is 16.0 Å². The Kier molecular flexibility index (Phi) is 5.23. The Bertz CT molecular complexity index is 241. The highest BCUT2D eigenvalue weighted by Gasteiger charge is 2.12. The van der Waals surface area contributed by atoms with E-state index in [-0.39, 0.29) is 6.54 Å². The first kappa shape index (κ1) is 12.4. The van der Waals surface area contributed by atoms with Gasteiger partial charge in [0, 0.05) is 7.05 Å². The van der Waals surface area contributed by atoms with Crippen molar-refractivity contribution >= 4 is 17.9 Å². The maximum atomic E-state index is 10.9. The molecular weight excluding hydrogens is 190 g/mol. The number of urea groups is 1. The Morgan fingerprint density at radius 1 is 1.36 bits per heavy atom. The van der Waals surface area contributed by atoms with Crippen molar-refractivity contribution in [2.75, 3.05) is 13.6 Å². The summed E-state index contributed by atoms with van der Waals surface area (Å²) in [6.07, 6.45) is 0. The highest BCUT2D eigenvalue weighted by Crippen LogP contribution is 1.79. The number of imide groups is 1. The normalized spacial score (nSPS) is 11.6. The molecule has 0 aromatic heterocycles. The molecule has 0 aliphatic carbocycles. The Balaban J connectivity index is 3.74. The average Bonchev–Trinajstić information content (AvgIpc) is 2.13. The third-order valence-corrected chi connectivity index (χ3v) is 1.42. The van der Waals surface area contributed by atoms with Gasteiger partial charge in [-0.15, -0.1) is 0 Å². The Morgan fingerprint density at radius 2 is 1.93 bits per heavy atom. The van der Waals surface area contributed by atoms with Gasteiger partial charge in [-0.3, -0.25) is 20.2 Å². The Hall–Kier alpha value is -1.63. The number of carboxylic acid groups (broad SMARTS) is 1. The second kappa shape index (κ2) is 5.92. The number of nitrogens with one attached hydrogen (secondary N) is 3. The molecule has 1 atom stereocenters. The summed E-state index contributed by atoms with van der Waals surface area (Å²) in [7, 11) is 1.37. The molecule has 0 saturated carbocycles. The lowest BCUT2D eigenvalue weighted by Crippen LogP contribution is -2.45. The molecule has 0 aliphatic rings. The van der Waals surface area contributed by atoms with Gasteiger partial charge >= 0.3 is 12.0 Å². The molecule has 0 aromatic carbocycles. The number of carbonyl (C=O) groups excluding carboxylic acids is 2. The van der Waals surface area contributed by atoms with Gasteiger partial charge in [0.15, 0.2) is 0 Å². The molecule has 0 spiro atoms. The Labute approximate surface area is 80.9 Å². The highest BCUT2D eigenvalue weighted by atomic mass is 16.4. The predicted molar refractivity (Wildman–Crippen MR) is 47.7 cm³/mol. The molecule has 0 aliphatic heterocycles. The summed E-state index contributed by atoms with van der Waals surface area (Å²) >= 11 is 0. The number of amides is 3. The van der Waals surface area contributed by atoms with Crippen LogP contribution in [0.3, 0.4) is 0 Å². The quantitative estimate of drug-likeness (QED) is 0.445. The largest absolute Gasteiger partial charge is 0.480 e. The van der Waals surface area contributed by atoms with Crippen LogP contribution in [0.1, 0.15) is 6.92 Å². The van der Waals surface area contributed by atoms with E-state index in [0.29, 0.717) is 0 Å². The predicted octanol–water partition coefficient (Wildman–Crippen LogP) is -1.50. The van der Waals surface area contributed by atoms with Gasteiger partial charge in [0.25, 0.3) is 0 Å². The summed E-state index contributed by atoms with van der Waals surface area (Å²) in [5.41, 5.74) is 0. The summed E-state index contributed by atoms with van der Waals surface area (Å²) in [5, 5.41) is 15.0. The Morgan fingerprint density at radius 3 is 2.36 bits per heavy atom. The molecule has 0 heterocycles. The maximum absolute atomic E-state index is 10.9. The third-order valence-electron chi connectivity index (χ3n) is 1.42. The fraction of sp³-hybridized carbons (Fsp3) is 0.571. The van der Waals surface area contributed by atoms with E-state index in [1.165, 1.54) is 14.0 Å². The first-order valence-corrected chi connectivity index (χ1v) is 3.95. The highest BCUT2D eigenvalue weighted by molar-refractivity contribution is 5.95. The van der Waals surface area contributed by atoms with Crippen molar-refractivity contribution in [2.24, 2.45) is 0 Å². The molecule has 80 valence electrons. The maximum Gasteiger partial charge on any atom is 0.321 e. The number of carbonyl (C=O) groups is 3. The SMILES string of the molecule is CNC(=O)NC(=O)CN[C@H](C)C(=O)O. The van der Waals surface area contributed by atoms with E-state index in [9.17, 15) is 14.4 Å². The lowest BCUT2D eigenvalue weighted by Gasteiger charge is -2.08. The first-order chi connectivity index (χ1) is 6.47. The van der Waals surface area contributed by atoms with Crippen molar-refractivity contribution in [1.29, 1.82) is 0 Å². The van der Waals surface area contributed by atoms with Gasteiger partial charge < -0.3 is 10.4 Å². The molecule has 0 bridgehead atoms. The van der Waals surface area contributed by atoms with Gasteiger partial charge in [0.1, 0.15) is 6.04 Å². The molecule has 0 saturated heterocycles. The standard InChI is InChI=1S/C7H13N3O4/c1-4(6(12)13)9-3-5(11)10-7(14)8-2/h4,9H,3H2,1-2H3,(H,12,13)(H2,8,10,11,14)/t4-/m1/s1. The smallest absolute Gasteiger partial charge is 0.321 e. The minimum Gasteiger partial charge on any atom is -0.480 e. The van der Waals surface area contributed by atoms with Crippen LogP contribution in [0.15, 0.2) is 0 Å². The summed E-state index contributed by atoms with van der Waals surface area (Å²) in [6, 6.07) is -1.45. The number of carboxylic acids is 1. The van der Waals surface area contributed by atoms with Gasteiger partial charge in [-0.1, -0.05) is 0 Å². The lowest BCUT2D eigenvalue weighted by atomic mass is 10.3. The minimum atomic E-state index is -1.06. The van der Waals surface area contributed by atoms with E-state index >= 15 is 0 Å². The van der Waals surface area contributed by atoms with Crippen molar-refractivity contribution < 1.29 is 19.5 Å². The molecule has 7 heteroatoms. The van der Waals surface area contributed by atoms with E-state index < -0.39 is 23.9 Å². The average molecular weight is 203 g/mol. The number of aliphatic carboxylic acids is 1. The number of hydrogen-bond donors (Lipinski definition) is 4. The van der Waals surface area contributed by atoms with Crippen LogP contribution in [-0.4, -0.2) is 42.6 Å². The van der Waals surface area contributed by atoms with E-state index in [1.807, 2.05) is 5.32 Å². The lowest BCUT2D eigenvalue weighted by molar-refractivity contribution is -0.139. The second-order valence-electron chi connectivity index (χ2n) is 2.57. The molecule has 0 radical (unpaired) electrons. The van der Waals surface area contributed by atoms with E-state index in [1.54, 1.807) is 0 Å². The molecule has 0 fully saturated rings. The fourth-order valence-electron chi connectivity index (χ4n) is 0.566. The zero-order valence-electron chi connectivity index (χ0n) is 7.96. The summed E-state index contributed by atoms with van der Waals surface area (Å²) in [6.45, 7) is 1.18. The number of hydrogen-bond acceptors (Lipinski definition) is 4. The zero-order valence-corrected chi connectivity index (χ0v) is 7.96. The van der Waals surface area contributed by atoms with Crippen LogP contribution in [0.4, 0.5) is 4.79 Å². The van der Waals surface area contributed by atoms with Crippen LogP contribution in [-0.2, 0) is 9.59 Å². The van der Waals surface area contributed by atoms with Crippen LogP contribution in [0.2, 0.25) is 0 Å². The molecule has 0 unspecified atom stereocenters. The van der Waals surface area contributed by atoms with Gasteiger partial charge in [0.05, 0.1) is 6.54 Å². The third kappa shape index (κ3) is 5.09. The van der Waals surface area contributed by atoms with Crippen molar-refractivity contribution in [2.45, 2.75) is 13.0 Å². The van der Waals surface area contributed by atoms with E-state index in [4.69, 9.17) is 5.11 Å². The summed E-state index contributed by atoms with van der Waals surface area (Å²) in [5.74, 6) is -1.64. The van der Waals surface area contributed by atoms with Crippen molar-refractivity contribution in [3.05, 3.63) is 0 Å². The molecular formula is C7H13N3O4. The van der Waals surface area contributed by atoms with Crippen LogP contribution in [0.5, 0.6) is 0 Å². The van der Waals surface area contributed by atoms with Gasteiger partial charge in [0.2, 0.25) is 5.91 Å². The zero-order chi connectivity index (χ0) is 11.1. The molecule has 4 N–H and O–H groups in total. The fourth-order valence-corrected chi connectivity index (χ4v) is 0.566. The van der Waals surface area contributed by atoms with Crippen LogP contribution in [0.25, 0.3) is 0 Å².